The molecule has 0 saturated heterocycles. The molecule has 1 unspecified atom stereocenters. The molecule has 0 bridgehead atoms. The van der Waals surface area contributed by atoms with Crippen LogP contribution in [0.15, 0.2) is 24.3 Å². The Morgan fingerprint density at radius 2 is 2.00 bits per heavy atom. The summed E-state index contributed by atoms with van der Waals surface area (Å²) in [5.41, 5.74) is 5.00. The topological polar surface area (TPSA) is 53.2 Å². The molecular formula is C19H22N2O2. The van der Waals surface area contributed by atoms with Crippen molar-refractivity contribution >= 4 is 17.4 Å². The van der Waals surface area contributed by atoms with Gasteiger partial charge in [0.25, 0.3) is 5.91 Å². The van der Waals surface area contributed by atoms with Crippen molar-refractivity contribution in [1.82, 2.24) is 4.98 Å². The van der Waals surface area contributed by atoms with Crippen LogP contribution in [0.1, 0.15) is 64.4 Å². The molecule has 0 radical (unpaired) electrons. The van der Waals surface area contributed by atoms with Gasteiger partial charge in [-0.15, -0.1) is 0 Å². The number of rotatable bonds is 3. The summed E-state index contributed by atoms with van der Waals surface area (Å²) in [6.07, 6.45) is 0.658. The first-order chi connectivity index (χ1) is 11.0. The number of hydrogen-bond acceptors (Lipinski definition) is 2. The fraction of sp³-hybridized carbons (Fsp3) is 0.368. The molecule has 120 valence electrons. The fourth-order valence-corrected chi connectivity index (χ4v) is 3.64. The van der Waals surface area contributed by atoms with Gasteiger partial charge in [0.15, 0.2) is 5.78 Å². The van der Waals surface area contributed by atoms with Crippen LogP contribution >= 0.6 is 0 Å². The summed E-state index contributed by atoms with van der Waals surface area (Å²) < 4.78 is 0. The number of para-hydroxylation sites is 1. The van der Waals surface area contributed by atoms with E-state index in [1.165, 1.54) is 5.56 Å². The van der Waals surface area contributed by atoms with Crippen LogP contribution in [0.2, 0.25) is 0 Å². The minimum Gasteiger partial charge on any atom is -0.354 e. The number of ketones is 1. The van der Waals surface area contributed by atoms with Crippen LogP contribution in [0.4, 0.5) is 5.69 Å². The summed E-state index contributed by atoms with van der Waals surface area (Å²) >= 11 is 0. The van der Waals surface area contributed by atoms with E-state index in [-0.39, 0.29) is 11.7 Å². The lowest BCUT2D eigenvalue weighted by atomic mass is 10.0. The third-order valence-corrected chi connectivity index (χ3v) is 4.67. The number of aromatic amines is 1. The van der Waals surface area contributed by atoms with Crippen molar-refractivity contribution in [2.24, 2.45) is 0 Å². The van der Waals surface area contributed by atoms with Crippen LogP contribution in [0.3, 0.4) is 0 Å². The maximum absolute atomic E-state index is 13.1. The predicted octanol–water partition coefficient (Wildman–Crippen LogP) is 3.85. The van der Waals surface area contributed by atoms with Crippen molar-refractivity contribution in [3.8, 4) is 0 Å². The second-order valence-electron chi connectivity index (χ2n) is 6.26. The molecule has 0 spiro atoms. The second kappa shape index (κ2) is 5.69. The Morgan fingerprint density at radius 1 is 1.30 bits per heavy atom. The van der Waals surface area contributed by atoms with Crippen molar-refractivity contribution in [1.29, 1.82) is 0 Å². The highest BCUT2D eigenvalue weighted by Gasteiger charge is 2.32. The van der Waals surface area contributed by atoms with Crippen LogP contribution in [-0.4, -0.2) is 23.2 Å². The first-order valence-corrected chi connectivity index (χ1v) is 8.08. The number of Topliss-reactive ketones (excluding diaryl/α,β-unsaturated/α-hetero) is 1. The summed E-state index contributed by atoms with van der Waals surface area (Å²) in [6.45, 7) is 8.19. The molecule has 1 amide bonds. The van der Waals surface area contributed by atoms with Crippen LogP contribution in [-0.2, 0) is 6.42 Å². The van der Waals surface area contributed by atoms with Gasteiger partial charge < -0.3 is 9.88 Å². The van der Waals surface area contributed by atoms with Crippen LogP contribution < -0.4 is 4.90 Å². The predicted molar refractivity (Wildman–Crippen MR) is 91.4 cm³/mol. The first kappa shape index (κ1) is 15.5. The lowest BCUT2D eigenvalue weighted by Gasteiger charge is -2.17. The summed E-state index contributed by atoms with van der Waals surface area (Å²) in [6, 6.07) is 8.03. The molecule has 0 saturated carbocycles. The number of fused-ring (bicyclic) bond motifs is 1. The quantitative estimate of drug-likeness (QED) is 0.875. The normalized spacial score (nSPS) is 16.5. The average Bonchev–Trinajstić information content (AvgIpc) is 3.04. The van der Waals surface area contributed by atoms with Gasteiger partial charge in [-0.1, -0.05) is 32.0 Å². The number of carbonyl (C=O) groups excluding carboxylic acids is 2. The number of nitrogens with one attached hydrogen (secondary N) is 1. The molecule has 1 aromatic heterocycles. The van der Waals surface area contributed by atoms with E-state index in [4.69, 9.17) is 0 Å². The van der Waals surface area contributed by atoms with Crippen LogP contribution in [0, 0.1) is 6.92 Å². The van der Waals surface area contributed by atoms with Gasteiger partial charge in [0.05, 0.1) is 0 Å². The molecule has 1 N–H and O–H groups in total. The van der Waals surface area contributed by atoms with E-state index in [1.54, 1.807) is 6.92 Å². The third kappa shape index (κ3) is 2.38. The minimum absolute atomic E-state index is 0.00448. The molecule has 23 heavy (non-hydrogen) atoms. The van der Waals surface area contributed by atoms with Crippen molar-refractivity contribution in [3.63, 3.8) is 0 Å². The zero-order valence-corrected chi connectivity index (χ0v) is 14.1. The number of amides is 1. The van der Waals surface area contributed by atoms with Gasteiger partial charge in [-0.3, -0.25) is 9.59 Å². The van der Waals surface area contributed by atoms with Gasteiger partial charge in [-0.05, 0) is 37.5 Å². The van der Waals surface area contributed by atoms with E-state index in [0.717, 1.165) is 16.9 Å². The number of nitrogens with zero attached hydrogens (tertiary/aromatic N) is 1. The first-order valence-electron chi connectivity index (χ1n) is 8.08. The van der Waals surface area contributed by atoms with Gasteiger partial charge in [-0.2, -0.15) is 0 Å². The maximum atomic E-state index is 13.1. The number of H-pyrrole nitrogens is 1. The zero-order chi connectivity index (χ0) is 16.7. The molecule has 4 heteroatoms. The number of carbonyl (C=O) groups is 2. The number of aryl methyl sites for hydroxylation is 1. The van der Waals surface area contributed by atoms with Crippen LogP contribution in [0.25, 0.3) is 0 Å². The van der Waals surface area contributed by atoms with Gasteiger partial charge >= 0.3 is 0 Å². The highest BCUT2D eigenvalue weighted by atomic mass is 16.2. The molecule has 1 aliphatic heterocycles. The number of aromatic nitrogens is 1. The zero-order valence-electron chi connectivity index (χ0n) is 14.1. The molecule has 1 atom stereocenters. The van der Waals surface area contributed by atoms with E-state index >= 15 is 0 Å². The highest BCUT2D eigenvalue weighted by Crippen LogP contribution is 2.37. The monoisotopic (exact) mass is 310 g/mol. The Balaban J connectivity index is 2.06. The Morgan fingerprint density at radius 3 is 2.65 bits per heavy atom. The van der Waals surface area contributed by atoms with Crippen molar-refractivity contribution in [3.05, 3.63) is 52.3 Å². The minimum atomic E-state index is -0.0470. The molecule has 0 fully saturated rings. The molecular weight excluding hydrogens is 288 g/mol. The third-order valence-electron chi connectivity index (χ3n) is 4.67. The smallest absolute Gasteiger partial charge is 0.275 e. The van der Waals surface area contributed by atoms with E-state index < -0.39 is 0 Å². The molecule has 1 aliphatic rings. The number of benzene rings is 1. The Hall–Kier alpha value is -2.36. The summed E-state index contributed by atoms with van der Waals surface area (Å²) in [7, 11) is 0. The molecule has 1 aromatic carbocycles. The van der Waals surface area contributed by atoms with Gasteiger partial charge in [0.2, 0.25) is 0 Å². The molecule has 2 aromatic rings. The Kier molecular flexibility index (Phi) is 3.84. The molecule has 0 aliphatic carbocycles. The largest absolute Gasteiger partial charge is 0.354 e. The van der Waals surface area contributed by atoms with Crippen molar-refractivity contribution in [2.75, 3.05) is 11.4 Å². The highest BCUT2D eigenvalue weighted by molar-refractivity contribution is 6.10. The van der Waals surface area contributed by atoms with Crippen LogP contribution in [0.5, 0.6) is 0 Å². The van der Waals surface area contributed by atoms with E-state index in [2.05, 4.69) is 18.0 Å². The average molecular weight is 310 g/mol. The molecule has 3 rings (SSSR count). The number of anilines is 1. The summed E-state index contributed by atoms with van der Waals surface area (Å²) in [4.78, 5) is 30.0. The van der Waals surface area contributed by atoms with E-state index in [1.807, 2.05) is 36.9 Å². The fourth-order valence-electron chi connectivity index (χ4n) is 3.64. The van der Waals surface area contributed by atoms with E-state index in [9.17, 15) is 9.59 Å². The summed E-state index contributed by atoms with van der Waals surface area (Å²) in [5, 5.41) is 0. The van der Waals surface area contributed by atoms with Gasteiger partial charge in [0, 0.05) is 29.4 Å². The second-order valence-corrected chi connectivity index (χ2v) is 6.26. The van der Waals surface area contributed by atoms with Gasteiger partial charge in [-0.25, -0.2) is 0 Å². The molecule has 4 nitrogen and oxygen atoms in total. The van der Waals surface area contributed by atoms with Crippen molar-refractivity contribution < 1.29 is 9.59 Å². The lowest BCUT2D eigenvalue weighted by Crippen LogP contribution is -2.30. The SMILES string of the molecule is CCc1c(C(=O)N2CC(C)c3ccccc32)[nH]c(C)c1C(C)=O. The maximum Gasteiger partial charge on any atom is 0.275 e. The van der Waals surface area contributed by atoms with Gasteiger partial charge in [0.1, 0.15) is 5.69 Å². The standard InChI is InChI=1S/C19H22N2O2/c1-5-14-17(13(4)22)12(3)20-18(14)19(23)21-10-11(2)15-8-6-7-9-16(15)21/h6-9,11,20H,5,10H2,1-4H3. The molecule has 2 heterocycles. The lowest BCUT2D eigenvalue weighted by molar-refractivity contribution is 0.0982. The Bertz CT molecular complexity index is 789. The number of hydrogen-bond donors (Lipinski definition) is 1. The van der Waals surface area contributed by atoms with E-state index in [0.29, 0.717) is 30.1 Å². The summed E-state index contributed by atoms with van der Waals surface area (Å²) in [5.74, 6) is 0.280. The Labute approximate surface area is 136 Å². The van der Waals surface area contributed by atoms with Crippen molar-refractivity contribution in [2.45, 2.75) is 40.0 Å².